The third kappa shape index (κ3) is 3.55. The van der Waals surface area contributed by atoms with Crippen LogP contribution < -0.4 is 0 Å². The van der Waals surface area contributed by atoms with Gasteiger partial charge in [0.2, 0.25) is 0 Å². The summed E-state index contributed by atoms with van der Waals surface area (Å²) in [7, 11) is 4.34. The second-order valence-electron chi connectivity index (χ2n) is 3.40. The van der Waals surface area contributed by atoms with Crippen molar-refractivity contribution >= 4 is 0 Å². The van der Waals surface area contributed by atoms with Crippen LogP contribution in [0.25, 0.3) is 0 Å². The van der Waals surface area contributed by atoms with Crippen molar-refractivity contribution in [1.82, 2.24) is 10.0 Å². The maximum absolute atomic E-state index is 2.36. The number of hydrogen-bond acceptors (Lipinski definition) is 2. The molecule has 12 heavy (non-hydrogen) atoms. The summed E-state index contributed by atoms with van der Waals surface area (Å²) in [5.74, 6) is 0. The zero-order chi connectivity index (χ0) is 9.56. The third-order valence-corrected chi connectivity index (χ3v) is 2.62. The van der Waals surface area contributed by atoms with Gasteiger partial charge in [-0.15, -0.1) is 0 Å². The standard InChI is InChI=1S/C10H24N2/c1-6-9-10(7-2)12(5)11(4)8-3/h10H,6-9H2,1-5H3. The van der Waals surface area contributed by atoms with Crippen LogP contribution in [-0.2, 0) is 0 Å². The van der Waals surface area contributed by atoms with Gasteiger partial charge >= 0.3 is 0 Å². The van der Waals surface area contributed by atoms with E-state index in [2.05, 4.69) is 44.9 Å². The van der Waals surface area contributed by atoms with E-state index in [1.807, 2.05) is 0 Å². The lowest BCUT2D eigenvalue weighted by molar-refractivity contribution is -0.0142. The van der Waals surface area contributed by atoms with Crippen LogP contribution in [0.15, 0.2) is 0 Å². The van der Waals surface area contributed by atoms with Crippen molar-refractivity contribution in [2.24, 2.45) is 0 Å². The average Bonchev–Trinajstić information content (AvgIpc) is 2.11. The maximum atomic E-state index is 2.36. The molecule has 0 aromatic carbocycles. The number of hydrogen-bond donors (Lipinski definition) is 0. The Hall–Kier alpha value is -0.0800. The van der Waals surface area contributed by atoms with Gasteiger partial charge in [0.1, 0.15) is 0 Å². The molecule has 0 amide bonds. The maximum Gasteiger partial charge on any atom is 0.0240 e. The van der Waals surface area contributed by atoms with E-state index < -0.39 is 0 Å². The average molecular weight is 172 g/mol. The zero-order valence-corrected chi connectivity index (χ0v) is 9.30. The Morgan fingerprint density at radius 3 is 2.00 bits per heavy atom. The van der Waals surface area contributed by atoms with Crippen LogP contribution in [0.1, 0.15) is 40.0 Å². The van der Waals surface area contributed by atoms with Crippen LogP contribution in [0, 0.1) is 0 Å². The Balaban J connectivity index is 3.91. The minimum Gasteiger partial charge on any atom is -0.245 e. The number of hydrazine groups is 1. The fourth-order valence-electron chi connectivity index (χ4n) is 1.49. The largest absolute Gasteiger partial charge is 0.245 e. The van der Waals surface area contributed by atoms with Gasteiger partial charge < -0.3 is 0 Å². The van der Waals surface area contributed by atoms with E-state index in [1.54, 1.807) is 0 Å². The van der Waals surface area contributed by atoms with Crippen molar-refractivity contribution in [3.05, 3.63) is 0 Å². The first-order valence-corrected chi connectivity index (χ1v) is 5.11. The van der Waals surface area contributed by atoms with Crippen molar-refractivity contribution in [2.75, 3.05) is 20.6 Å². The summed E-state index contributed by atoms with van der Waals surface area (Å²) in [5.41, 5.74) is 0. The van der Waals surface area contributed by atoms with E-state index in [1.165, 1.54) is 19.3 Å². The molecule has 0 saturated heterocycles. The van der Waals surface area contributed by atoms with Crippen LogP contribution in [-0.4, -0.2) is 36.7 Å². The second-order valence-corrected chi connectivity index (χ2v) is 3.40. The molecule has 1 atom stereocenters. The fraction of sp³-hybridized carbons (Fsp3) is 1.00. The molecule has 0 bridgehead atoms. The smallest absolute Gasteiger partial charge is 0.0240 e. The Morgan fingerprint density at radius 1 is 1.08 bits per heavy atom. The fourth-order valence-corrected chi connectivity index (χ4v) is 1.49. The molecule has 0 aliphatic rings. The highest BCUT2D eigenvalue weighted by molar-refractivity contribution is 4.63. The molecule has 0 aromatic heterocycles. The van der Waals surface area contributed by atoms with E-state index in [4.69, 9.17) is 0 Å². The first-order chi connectivity index (χ1) is 5.67. The number of rotatable bonds is 6. The lowest BCUT2D eigenvalue weighted by Crippen LogP contribution is -2.43. The van der Waals surface area contributed by atoms with Gasteiger partial charge in [0.15, 0.2) is 0 Å². The molecule has 0 fully saturated rings. The molecule has 2 nitrogen and oxygen atoms in total. The first-order valence-electron chi connectivity index (χ1n) is 5.11. The van der Waals surface area contributed by atoms with Crippen molar-refractivity contribution < 1.29 is 0 Å². The lowest BCUT2D eigenvalue weighted by Gasteiger charge is -2.34. The monoisotopic (exact) mass is 172 g/mol. The van der Waals surface area contributed by atoms with Gasteiger partial charge in [-0.2, -0.15) is 0 Å². The lowest BCUT2D eigenvalue weighted by atomic mass is 10.1. The summed E-state index contributed by atoms with van der Waals surface area (Å²) < 4.78 is 0. The van der Waals surface area contributed by atoms with E-state index in [0.717, 1.165) is 12.6 Å². The summed E-state index contributed by atoms with van der Waals surface area (Å²) >= 11 is 0. The molecule has 74 valence electrons. The minimum absolute atomic E-state index is 0.722. The molecule has 0 spiro atoms. The van der Waals surface area contributed by atoms with E-state index in [-0.39, 0.29) is 0 Å². The summed E-state index contributed by atoms with van der Waals surface area (Å²) in [5, 5.41) is 4.65. The molecule has 0 aliphatic heterocycles. The Morgan fingerprint density at radius 2 is 1.67 bits per heavy atom. The highest BCUT2D eigenvalue weighted by atomic mass is 15.6. The van der Waals surface area contributed by atoms with Crippen molar-refractivity contribution in [3.8, 4) is 0 Å². The molecular formula is C10H24N2. The summed E-state index contributed by atoms with van der Waals surface area (Å²) in [6.45, 7) is 7.80. The quantitative estimate of drug-likeness (QED) is 0.568. The van der Waals surface area contributed by atoms with E-state index >= 15 is 0 Å². The van der Waals surface area contributed by atoms with Gasteiger partial charge in [-0.05, 0) is 12.8 Å². The van der Waals surface area contributed by atoms with E-state index in [9.17, 15) is 0 Å². The SMILES string of the molecule is CCCC(CC)N(C)N(C)CC. The molecule has 0 heterocycles. The molecule has 2 heteroatoms. The van der Waals surface area contributed by atoms with Crippen LogP contribution in [0.3, 0.4) is 0 Å². The van der Waals surface area contributed by atoms with Gasteiger partial charge in [0.05, 0.1) is 0 Å². The second kappa shape index (κ2) is 6.44. The third-order valence-electron chi connectivity index (χ3n) is 2.62. The van der Waals surface area contributed by atoms with Crippen LogP contribution >= 0.6 is 0 Å². The van der Waals surface area contributed by atoms with Crippen LogP contribution in [0.4, 0.5) is 0 Å². The predicted octanol–water partition coefficient (Wildman–Crippen LogP) is 2.36. The molecule has 1 unspecified atom stereocenters. The van der Waals surface area contributed by atoms with E-state index in [0.29, 0.717) is 0 Å². The molecular weight excluding hydrogens is 148 g/mol. The van der Waals surface area contributed by atoms with Crippen molar-refractivity contribution in [1.29, 1.82) is 0 Å². The van der Waals surface area contributed by atoms with Crippen LogP contribution in [0.5, 0.6) is 0 Å². The van der Waals surface area contributed by atoms with Crippen molar-refractivity contribution in [2.45, 2.75) is 46.1 Å². The molecule has 0 aromatic rings. The summed E-state index contributed by atoms with van der Waals surface area (Å²) in [6, 6.07) is 0.722. The molecule has 0 aliphatic carbocycles. The summed E-state index contributed by atoms with van der Waals surface area (Å²) in [6.07, 6.45) is 3.83. The molecule has 0 saturated carbocycles. The van der Waals surface area contributed by atoms with Gasteiger partial charge in [0.25, 0.3) is 0 Å². The topological polar surface area (TPSA) is 6.48 Å². The van der Waals surface area contributed by atoms with Gasteiger partial charge in [-0.1, -0.05) is 27.2 Å². The van der Waals surface area contributed by atoms with Gasteiger partial charge in [-0.3, -0.25) is 0 Å². The summed E-state index contributed by atoms with van der Waals surface area (Å²) in [4.78, 5) is 0. The predicted molar refractivity (Wildman–Crippen MR) is 55.1 cm³/mol. The Kier molecular flexibility index (Phi) is 6.39. The first kappa shape index (κ1) is 11.9. The Labute approximate surface area is 77.5 Å². The minimum atomic E-state index is 0.722. The van der Waals surface area contributed by atoms with Crippen molar-refractivity contribution in [3.63, 3.8) is 0 Å². The normalized spacial score (nSPS) is 14.2. The van der Waals surface area contributed by atoms with Gasteiger partial charge in [-0.25, -0.2) is 10.0 Å². The molecule has 0 rings (SSSR count). The highest BCUT2D eigenvalue weighted by Gasteiger charge is 2.13. The molecule has 0 radical (unpaired) electrons. The Bertz CT molecular complexity index is 104. The van der Waals surface area contributed by atoms with Gasteiger partial charge in [0, 0.05) is 26.7 Å². The zero-order valence-electron chi connectivity index (χ0n) is 9.30. The molecule has 0 N–H and O–H groups in total. The highest BCUT2D eigenvalue weighted by Crippen LogP contribution is 2.10. The van der Waals surface area contributed by atoms with Crippen LogP contribution in [0.2, 0.25) is 0 Å². The number of nitrogens with zero attached hydrogens (tertiary/aromatic N) is 2.